The summed E-state index contributed by atoms with van der Waals surface area (Å²) in [4.78, 5) is 53.2. The van der Waals surface area contributed by atoms with Crippen molar-refractivity contribution in [2.75, 3.05) is 23.4 Å². The highest BCUT2D eigenvalue weighted by Gasteiger charge is 2.64. The van der Waals surface area contributed by atoms with Crippen molar-refractivity contribution in [3.63, 3.8) is 0 Å². The van der Waals surface area contributed by atoms with Crippen LogP contribution in [0.3, 0.4) is 0 Å². The quantitative estimate of drug-likeness (QED) is 0.326. The molecule has 1 aliphatic heterocycles. The Bertz CT molecular complexity index is 1450. The van der Waals surface area contributed by atoms with Gasteiger partial charge in [0.1, 0.15) is 5.75 Å². The van der Waals surface area contributed by atoms with Crippen molar-refractivity contribution in [3.8, 4) is 5.75 Å². The molecule has 2 saturated carbocycles. The topological polar surface area (TPSA) is 102 Å². The largest absolute Gasteiger partial charge is 0.492 e. The molecule has 204 valence electrons. The van der Waals surface area contributed by atoms with Crippen LogP contribution in [-0.2, 0) is 19.1 Å². The van der Waals surface area contributed by atoms with Gasteiger partial charge >= 0.3 is 5.97 Å². The average molecular weight is 539 g/mol. The molecule has 2 bridgehead atoms. The number of anilines is 2. The number of carbonyl (C=O) groups excluding carboxylic acids is 4. The lowest BCUT2D eigenvalue weighted by Gasteiger charge is -2.28. The highest BCUT2D eigenvalue weighted by Crippen LogP contribution is 2.61. The minimum atomic E-state index is -0.681. The number of benzene rings is 3. The number of hydrogen-bond donors (Lipinski definition) is 1. The highest BCUT2D eigenvalue weighted by molar-refractivity contribution is 6.22. The summed E-state index contributed by atoms with van der Waals surface area (Å²) in [5, 5.41) is 2.68. The van der Waals surface area contributed by atoms with Crippen LogP contribution in [0.5, 0.6) is 5.75 Å². The number of nitrogens with one attached hydrogen (secondary N) is 1. The summed E-state index contributed by atoms with van der Waals surface area (Å²) in [5.74, 6) is -0.843. The normalized spacial score (nSPS) is 24.6. The van der Waals surface area contributed by atoms with Crippen molar-refractivity contribution < 1.29 is 28.7 Å². The van der Waals surface area contributed by atoms with Gasteiger partial charge in [-0.3, -0.25) is 19.3 Å². The molecule has 3 aliphatic rings. The van der Waals surface area contributed by atoms with Crippen LogP contribution >= 0.6 is 0 Å². The molecule has 1 saturated heterocycles. The molecule has 5 atom stereocenters. The Hall–Kier alpha value is -4.46. The van der Waals surface area contributed by atoms with Gasteiger partial charge in [0.15, 0.2) is 6.61 Å². The molecule has 8 heteroatoms. The second-order valence-corrected chi connectivity index (χ2v) is 10.6. The van der Waals surface area contributed by atoms with Gasteiger partial charge < -0.3 is 14.8 Å². The Balaban J connectivity index is 1.09. The first-order valence-electron chi connectivity index (χ1n) is 13.7. The van der Waals surface area contributed by atoms with Crippen LogP contribution < -0.4 is 15.0 Å². The minimum Gasteiger partial charge on any atom is -0.492 e. The van der Waals surface area contributed by atoms with Crippen LogP contribution in [-0.4, -0.2) is 36.9 Å². The van der Waals surface area contributed by atoms with Gasteiger partial charge in [-0.2, -0.15) is 0 Å². The molecule has 3 aromatic carbocycles. The third kappa shape index (κ3) is 4.53. The lowest BCUT2D eigenvalue weighted by atomic mass is 9.73. The smallest absolute Gasteiger partial charge is 0.338 e. The second kappa shape index (κ2) is 10.6. The van der Waals surface area contributed by atoms with E-state index in [2.05, 4.69) is 17.4 Å². The Labute approximate surface area is 232 Å². The van der Waals surface area contributed by atoms with Crippen LogP contribution in [0.15, 0.2) is 78.9 Å². The van der Waals surface area contributed by atoms with Gasteiger partial charge in [0.2, 0.25) is 11.8 Å². The zero-order valence-electron chi connectivity index (χ0n) is 22.1. The highest BCUT2D eigenvalue weighted by atomic mass is 16.5. The SMILES string of the molecule is CCOc1ccccc1NC(=O)COC(=O)c1ccc(N2C(=O)[C@@H]3[C@@H]4C[C@@H]([C@H]3C2=O)[C@@H](c2ccccc2)C4)cc1. The fourth-order valence-corrected chi connectivity index (χ4v) is 6.80. The summed E-state index contributed by atoms with van der Waals surface area (Å²) in [6.45, 7) is 1.82. The summed E-state index contributed by atoms with van der Waals surface area (Å²) in [7, 11) is 0. The number of fused-ring (bicyclic) bond motifs is 5. The molecule has 0 aromatic heterocycles. The fourth-order valence-electron chi connectivity index (χ4n) is 6.80. The van der Waals surface area contributed by atoms with Gasteiger partial charge in [0.25, 0.3) is 5.91 Å². The molecule has 3 amide bonds. The lowest BCUT2D eigenvalue weighted by Crippen LogP contribution is -2.33. The van der Waals surface area contributed by atoms with Crippen LogP contribution in [0.4, 0.5) is 11.4 Å². The number of ether oxygens (including phenoxy) is 2. The van der Waals surface area contributed by atoms with Gasteiger partial charge in [0.05, 0.1) is 35.4 Å². The third-order valence-electron chi connectivity index (χ3n) is 8.40. The number of hydrogen-bond acceptors (Lipinski definition) is 6. The summed E-state index contributed by atoms with van der Waals surface area (Å²) >= 11 is 0. The minimum absolute atomic E-state index is 0.145. The zero-order valence-corrected chi connectivity index (χ0v) is 22.1. The maximum Gasteiger partial charge on any atom is 0.338 e. The maximum absolute atomic E-state index is 13.5. The molecule has 8 nitrogen and oxygen atoms in total. The molecule has 3 aromatic rings. The van der Waals surface area contributed by atoms with Crippen LogP contribution in [0.1, 0.15) is 41.6 Å². The van der Waals surface area contributed by atoms with Crippen LogP contribution in [0, 0.1) is 23.7 Å². The summed E-state index contributed by atoms with van der Waals surface area (Å²) in [5.41, 5.74) is 2.39. The predicted octanol–water partition coefficient (Wildman–Crippen LogP) is 4.81. The Morgan fingerprint density at radius 1 is 0.875 bits per heavy atom. The zero-order chi connectivity index (χ0) is 27.8. The Morgan fingerprint density at radius 2 is 1.57 bits per heavy atom. The third-order valence-corrected chi connectivity index (χ3v) is 8.40. The number of esters is 1. The van der Waals surface area contributed by atoms with E-state index in [4.69, 9.17) is 9.47 Å². The molecule has 6 rings (SSSR count). The number of amides is 3. The molecule has 1 N–H and O–H groups in total. The van der Waals surface area contributed by atoms with Gasteiger partial charge in [-0.15, -0.1) is 0 Å². The van der Waals surface area contributed by atoms with E-state index >= 15 is 0 Å². The van der Waals surface area contributed by atoms with E-state index in [0.29, 0.717) is 29.6 Å². The Kier molecular flexibility index (Phi) is 6.84. The van der Waals surface area contributed by atoms with E-state index in [0.717, 1.165) is 12.8 Å². The van der Waals surface area contributed by atoms with Crippen molar-refractivity contribution in [1.29, 1.82) is 0 Å². The van der Waals surface area contributed by atoms with E-state index in [1.165, 1.54) is 22.6 Å². The summed E-state index contributed by atoms with van der Waals surface area (Å²) in [6, 6.07) is 23.4. The first-order chi connectivity index (χ1) is 19.5. The lowest BCUT2D eigenvalue weighted by molar-refractivity contribution is -0.123. The van der Waals surface area contributed by atoms with E-state index in [1.807, 2.05) is 25.1 Å². The van der Waals surface area contributed by atoms with E-state index in [1.54, 1.807) is 36.4 Å². The first-order valence-corrected chi connectivity index (χ1v) is 13.7. The fraction of sp³-hybridized carbons (Fsp3) is 0.312. The molecule has 3 fully saturated rings. The molecule has 0 spiro atoms. The van der Waals surface area contributed by atoms with Gasteiger partial charge in [0, 0.05) is 0 Å². The maximum atomic E-state index is 13.5. The number of para-hydroxylation sites is 2. The molecule has 2 aliphatic carbocycles. The van der Waals surface area contributed by atoms with Crippen molar-refractivity contribution in [1.82, 2.24) is 0 Å². The number of nitrogens with zero attached hydrogens (tertiary/aromatic N) is 1. The van der Waals surface area contributed by atoms with Crippen molar-refractivity contribution >= 4 is 35.1 Å². The van der Waals surface area contributed by atoms with E-state index in [-0.39, 0.29) is 41.0 Å². The molecular weight excluding hydrogens is 508 g/mol. The van der Waals surface area contributed by atoms with Crippen LogP contribution in [0.25, 0.3) is 0 Å². The average Bonchev–Trinajstić information content (AvgIpc) is 3.64. The first kappa shape index (κ1) is 25.8. The molecule has 40 heavy (non-hydrogen) atoms. The monoisotopic (exact) mass is 538 g/mol. The van der Waals surface area contributed by atoms with Crippen molar-refractivity contribution in [2.24, 2.45) is 23.7 Å². The van der Waals surface area contributed by atoms with Gasteiger partial charge in [-0.05, 0) is 79.5 Å². The Morgan fingerprint density at radius 3 is 2.33 bits per heavy atom. The summed E-state index contributed by atoms with van der Waals surface area (Å²) in [6.07, 6.45) is 1.84. The van der Waals surface area contributed by atoms with Crippen molar-refractivity contribution in [2.45, 2.75) is 25.7 Å². The van der Waals surface area contributed by atoms with Crippen LogP contribution in [0.2, 0.25) is 0 Å². The van der Waals surface area contributed by atoms with E-state index < -0.39 is 18.5 Å². The summed E-state index contributed by atoms with van der Waals surface area (Å²) < 4.78 is 10.7. The van der Waals surface area contributed by atoms with E-state index in [9.17, 15) is 19.2 Å². The second-order valence-electron chi connectivity index (χ2n) is 10.6. The molecule has 1 heterocycles. The predicted molar refractivity (Wildman–Crippen MR) is 148 cm³/mol. The molecular formula is C32H30N2O6. The standard InChI is InChI=1S/C32H30N2O6/c1-2-39-26-11-7-6-10-25(26)33-27(35)18-40-32(38)20-12-14-22(15-13-20)34-30(36)28-21-16-23(19-8-4-3-5-9-19)24(17-21)29(28)31(34)37/h3-15,21,23-24,28-29H,2,16-18H2,1H3,(H,33,35)/t21-,23+,24+,28+,29+/m0/s1. The number of carbonyl (C=O) groups is 4. The van der Waals surface area contributed by atoms with Gasteiger partial charge in [-0.25, -0.2) is 4.79 Å². The van der Waals surface area contributed by atoms with Crippen molar-refractivity contribution in [3.05, 3.63) is 90.0 Å². The molecule has 0 radical (unpaired) electrons. The van der Waals surface area contributed by atoms with Gasteiger partial charge in [-0.1, -0.05) is 42.5 Å². The number of rotatable bonds is 8. The molecule has 0 unspecified atom stereocenters. The number of imide groups is 1.